The predicted octanol–water partition coefficient (Wildman–Crippen LogP) is 2.48. The molecule has 18 heavy (non-hydrogen) atoms. The number of anilines is 1. The molecule has 0 amide bonds. The molecule has 0 aliphatic heterocycles. The average Bonchev–Trinajstić information content (AvgIpc) is 2.85. The molecule has 1 aromatic carbocycles. The Kier molecular flexibility index (Phi) is 4.52. The average molecular weight is 266 g/mol. The highest BCUT2D eigenvalue weighted by Crippen LogP contribution is 2.12. The monoisotopic (exact) mass is 265 g/mol. The van der Waals surface area contributed by atoms with Crippen LogP contribution in [0.4, 0.5) is 5.95 Å². The van der Waals surface area contributed by atoms with E-state index >= 15 is 0 Å². The summed E-state index contributed by atoms with van der Waals surface area (Å²) in [5.74, 6) is 1.33. The molecule has 0 saturated heterocycles. The fraction of sp³-hybridized carbons (Fsp3) is 0.417. The molecule has 0 spiro atoms. The second kappa shape index (κ2) is 6.35. The minimum atomic E-state index is 0.289. The highest BCUT2D eigenvalue weighted by atomic mass is 35.5. The molecule has 6 heteroatoms. The van der Waals surface area contributed by atoms with E-state index in [0.29, 0.717) is 11.8 Å². The highest BCUT2D eigenvalue weighted by molar-refractivity contribution is 6.17. The second-order valence-electron chi connectivity index (χ2n) is 4.13. The van der Waals surface area contributed by atoms with Crippen LogP contribution in [0.3, 0.4) is 0 Å². The van der Waals surface area contributed by atoms with Gasteiger partial charge in [0.2, 0.25) is 5.95 Å². The first-order valence-electron chi connectivity index (χ1n) is 5.97. The van der Waals surface area contributed by atoms with Crippen LogP contribution in [-0.4, -0.2) is 32.1 Å². The molecule has 2 aromatic rings. The van der Waals surface area contributed by atoms with Crippen LogP contribution in [0.25, 0.3) is 5.69 Å². The number of alkyl halides is 1. The molecule has 1 atom stereocenters. The van der Waals surface area contributed by atoms with Crippen molar-refractivity contribution in [3.63, 3.8) is 0 Å². The lowest BCUT2D eigenvalue weighted by atomic mass is 10.2. The van der Waals surface area contributed by atoms with Crippen molar-refractivity contribution in [3.8, 4) is 5.69 Å². The maximum absolute atomic E-state index is 5.68. The molecule has 0 radical (unpaired) electrons. The molecule has 96 valence electrons. The Morgan fingerprint density at radius 1 is 1.33 bits per heavy atom. The fourth-order valence-corrected chi connectivity index (χ4v) is 1.85. The number of tetrazole rings is 1. The molecule has 1 N–H and O–H groups in total. The molecule has 0 fully saturated rings. The Labute approximate surface area is 111 Å². The standard InChI is InChI=1S/C12H16ClN5/c1-10(6-5-9-13)14-12-15-16-17-18(12)11-7-3-2-4-8-11/h2-4,7-8,10H,5-6,9H2,1H3,(H,14,15,17). The van der Waals surface area contributed by atoms with E-state index in [9.17, 15) is 0 Å². The molecule has 0 aliphatic carbocycles. The van der Waals surface area contributed by atoms with Gasteiger partial charge in [0.05, 0.1) is 5.69 Å². The molecular weight excluding hydrogens is 250 g/mol. The maximum Gasteiger partial charge on any atom is 0.247 e. The van der Waals surface area contributed by atoms with E-state index < -0.39 is 0 Å². The summed E-state index contributed by atoms with van der Waals surface area (Å²) in [6, 6.07) is 10.1. The number of halogens is 1. The Balaban J connectivity index is 2.09. The van der Waals surface area contributed by atoms with Gasteiger partial charge in [-0.2, -0.15) is 4.68 Å². The zero-order valence-corrected chi connectivity index (χ0v) is 11.0. The van der Waals surface area contributed by atoms with Gasteiger partial charge in [0, 0.05) is 11.9 Å². The smallest absolute Gasteiger partial charge is 0.247 e. The van der Waals surface area contributed by atoms with Gasteiger partial charge in [-0.3, -0.25) is 0 Å². The molecule has 0 bridgehead atoms. The lowest BCUT2D eigenvalue weighted by Crippen LogP contribution is -2.18. The van der Waals surface area contributed by atoms with Crippen LogP contribution in [0.1, 0.15) is 19.8 Å². The van der Waals surface area contributed by atoms with Crippen LogP contribution < -0.4 is 5.32 Å². The van der Waals surface area contributed by atoms with Gasteiger partial charge in [-0.25, -0.2) is 0 Å². The van der Waals surface area contributed by atoms with Crippen molar-refractivity contribution < 1.29 is 0 Å². The SMILES string of the molecule is CC(CCCCl)Nc1nnnn1-c1ccccc1. The van der Waals surface area contributed by atoms with E-state index in [1.807, 2.05) is 30.3 Å². The summed E-state index contributed by atoms with van der Waals surface area (Å²) in [5.41, 5.74) is 0.939. The lowest BCUT2D eigenvalue weighted by molar-refractivity contribution is 0.681. The largest absolute Gasteiger partial charge is 0.350 e. The molecule has 5 nitrogen and oxygen atoms in total. The highest BCUT2D eigenvalue weighted by Gasteiger charge is 2.10. The van der Waals surface area contributed by atoms with Crippen LogP contribution in [0, 0.1) is 0 Å². The summed E-state index contributed by atoms with van der Waals surface area (Å²) in [5, 5.41) is 15.0. The van der Waals surface area contributed by atoms with Crippen molar-refractivity contribution in [2.24, 2.45) is 0 Å². The second-order valence-corrected chi connectivity index (χ2v) is 4.50. The van der Waals surface area contributed by atoms with Crippen LogP contribution in [0.15, 0.2) is 30.3 Å². The summed E-state index contributed by atoms with van der Waals surface area (Å²) >= 11 is 5.68. The summed E-state index contributed by atoms with van der Waals surface area (Å²) < 4.78 is 1.69. The Morgan fingerprint density at radius 3 is 2.83 bits per heavy atom. The van der Waals surface area contributed by atoms with Gasteiger partial charge >= 0.3 is 0 Å². The number of hydrogen-bond donors (Lipinski definition) is 1. The van der Waals surface area contributed by atoms with Crippen LogP contribution >= 0.6 is 11.6 Å². The van der Waals surface area contributed by atoms with Gasteiger partial charge in [-0.1, -0.05) is 23.3 Å². The van der Waals surface area contributed by atoms with E-state index in [1.54, 1.807) is 4.68 Å². The first-order chi connectivity index (χ1) is 8.81. The third-order valence-electron chi connectivity index (χ3n) is 2.62. The number of nitrogens with zero attached hydrogens (tertiary/aromatic N) is 4. The van der Waals surface area contributed by atoms with Crippen molar-refractivity contribution in [3.05, 3.63) is 30.3 Å². The quantitative estimate of drug-likeness (QED) is 0.816. The van der Waals surface area contributed by atoms with Crippen molar-refractivity contribution in [1.29, 1.82) is 0 Å². The minimum Gasteiger partial charge on any atom is -0.350 e. The van der Waals surface area contributed by atoms with Crippen molar-refractivity contribution >= 4 is 17.5 Å². The lowest BCUT2D eigenvalue weighted by Gasteiger charge is -2.13. The van der Waals surface area contributed by atoms with Crippen molar-refractivity contribution in [1.82, 2.24) is 20.2 Å². The van der Waals surface area contributed by atoms with Gasteiger partial charge in [-0.05, 0) is 42.3 Å². The molecule has 0 saturated carbocycles. The summed E-state index contributed by atoms with van der Waals surface area (Å²) in [6.45, 7) is 2.09. The predicted molar refractivity (Wildman–Crippen MR) is 72.2 cm³/mol. The minimum absolute atomic E-state index is 0.289. The Hall–Kier alpha value is -1.62. The van der Waals surface area contributed by atoms with Gasteiger partial charge in [0.25, 0.3) is 0 Å². The Morgan fingerprint density at radius 2 is 2.11 bits per heavy atom. The Bertz CT molecular complexity index is 470. The van der Waals surface area contributed by atoms with Gasteiger partial charge in [0.15, 0.2) is 0 Å². The normalized spacial score (nSPS) is 12.3. The number of hydrogen-bond acceptors (Lipinski definition) is 4. The van der Waals surface area contributed by atoms with E-state index in [1.165, 1.54) is 0 Å². The van der Waals surface area contributed by atoms with E-state index in [4.69, 9.17) is 11.6 Å². The maximum atomic E-state index is 5.68. The molecule has 1 unspecified atom stereocenters. The zero-order chi connectivity index (χ0) is 12.8. The molecular formula is C12H16ClN5. The van der Waals surface area contributed by atoms with E-state index in [-0.39, 0.29) is 6.04 Å². The number of benzene rings is 1. The molecule has 2 rings (SSSR count). The fourth-order valence-electron chi connectivity index (χ4n) is 1.70. The summed E-state index contributed by atoms with van der Waals surface area (Å²) in [6.07, 6.45) is 1.97. The number of nitrogens with one attached hydrogen (secondary N) is 1. The summed E-state index contributed by atoms with van der Waals surface area (Å²) in [7, 11) is 0. The molecule has 0 aliphatic rings. The topological polar surface area (TPSA) is 55.6 Å². The third kappa shape index (κ3) is 3.20. The zero-order valence-electron chi connectivity index (χ0n) is 10.3. The van der Waals surface area contributed by atoms with Crippen molar-refractivity contribution in [2.45, 2.75) is 25.8 Å². The van der Waals surface area contributed by atoms with Crippen LogP contribution in [0.5, 0.6) is 0 Å². The summed E-state index contributed by atoms with van der Waals surface area (Å²) in [4.78, 5) is 0. The van der Waals surface area contributed by atoms with Gasteiger partial charge in [0.1, 0.15) is 0 Å². The first kappa shape index (κ1) is 12.8. The number of para-hydroxylation sites is 1. The van der Waals surface area contributed by atoms with Gasteiger partial charge in [-0.15, -0.1) is 11.6 Å². The van der Waals surface area contributed by atoms with Crippen LogP contribution in [-0.2, 0) is 0 Å². The number of rotatable bonds is 6. The molecule has 1 heterocycles. The van der Waals surface area contributed by atoms with Gasteiger partial charge < -0.3 is 5.32 Å². The first-order valence-corrected chi connectivity index (χ1v) is 6.51. The van der Waals surface area contributed by atoms with E-state index in [0.717, 1.165) is 18.5 Å². The van der Waals surface area contributed by atoms with Crippen LogP contribution in [0.2, 0.25) is 0 Å². The van der Waals surface area contributed by atoms with Crippen molar-refractivity contribution in [2.75, 3.05) is 11.2 Å². The van der Waals surface area contributed by atoms with E-state index in [2.05, 4.69) is 27.8 Å². The number of aromatic nitrogens is 4. The molecule has 1 aromatic heterocycles. The third-order valence-corrected chi connectivity index (χ3v) is 2.88.